The summed E-state index contributed by atoms with van der Waals surface area (Å²) in [5.74, 6) is 1.59. The highest BCUT2D eigenvalue weighted by Gasteiger charge is 2.30. The van der Waals surface area contributed by atoms with Crippen molar-refractivity contribution in [2.24, 2.45) is 16.8 Å². The number of aliphatic imine (C=N–C) groups is 1. The topological polar surface area (TPSA) is 67.6 Å². The number of thiazole rings is 1. The van der Waals surface area contributed by atoms with Gasteiger partial charge >= 0.3 is 0 Å². The van der Waals surface area contributed by atoms with Crippen molar-refractivity contribution >= 4 is 23.5 Å². The molecule has 3 heterocycles. The third kappa shape index (κ3) is 5.35. The summed E-state index contributed by atoms with van der Waals surface area (Å²) in [6.07, 6.45) is 11.5. The minimum atomic E-state index is -0.312. The summed E-state index contributed by atoms with van der Waals surface area (Å²) in [7, 11) is 0. The first kappa shape index (κ1) is 22.7. The lowest BCUT2D eigenvalue weighted by Gasteiger charge is -2.30. The third-order valence-electron chi connectivity index (χ3n) is 7.48. The molecule has 0 aromatic carbocycles. The molecule has 7 heteroatoms. The highest BCUT2D eigenvalue weighted by molar-refractivity contribution is 7.11. The standard InChI is InChI=1S/C26H34N4O2S/c1-2-30-22(4-3-5-24(30)31)25(32)27-16-19-8-6-18(7-9-19)12-14-29-15-13-23-21(17-29)28-26(33-23)20-10-11-20/h3-5,16,18-20H,2,6-15,17H2,1H3. The Morgan fingerprint density at radius 3 is 2.79 bits per heavy atom. The van der Waals surface area contributed by atoms with E-state index in [1.54, 1.807) is 12.1 Å². The highest BCUT2D eigenvalue weighted by Crippen LogP contribution is 2.43. The van der Waals surface area contributed by atoms with Crippen LogP contribution < -0.4 is 5.56 Å². The second kappa shape index (κ2) is 10.0. The van der Waals surface area contributed by atoms with Crippen LogP contribution in [0.3, 0.4) is 0 Å². The molecule has 2 aromatic heterocycles. The van der Waals surface area contributed by atoms with E-state index in [1.165, 1.54) is 77.8 Å². The molecule has 1 amide bonds. The lowest BCUT2D eigenvalue weighted by Crippen LogP contribution is -2.32. The Kier molecular flexibility index (Phi) is 6.88. The van der Waals surface area contributed by atoms with Gasteiger partial charge in [-0.1, -0.05) is 6.07 Å². The van der Waals surface area contributed by atoms with Gasteiger partial charge in [0.15, 0.2) is 0 Å². The molecule has 0 N–H and O–H groups in total. The number of carbonyl (C=O) groups is 1. The second-order valence-electron chi connectivity index (χ2n) is 9.87. The van der Waals surface area contributed by atoms with Crippen molar-refractivity contribution in [2.45, 2.75) is 77.3 Å². The van der Waals surface area contributed by atoms with Gasteiger partial charge in [0.05, 0.1) is 10.7 Å². The summed E-state index contributed by atoms with van der Waals surface area (Å²) < 4.78 is 1.48. The van der Waals surface area contributed by atoms with Gasteiger partial charge in [0.25, 0.3) is 11.5 Å². The van der Waals surface area contributed by atoms with Gasteiger partial charge in [-0.25, -0.2) is 9.98 Å². The predicted molar refractivity (Wildman–Crippen MR) is 132 cm³/mol. The molecule has 3 aliphatic rings. The molecule has 2 fully saturated rings. The largest absolute Gasteiger partial charge is 0.304 e. The van der Waals surface area contributed by atoms with Gasteiger partial charge < -0.3 is 4.57 Å². The van der Waals surface area contributed by atoms with Gasteiger partial charge in [0.1, 0.15) is 5.69 Å². The highest BCUT2D eigenvalue weighted by atomic mass is 32.1. The van der Waals surface area contributed by atoms with Gasteiger partial charge in [-0.05, 0) is 82.7 Å². The maximum Gasteiger partial charge on any atom is 0.293 e. The number of carbonyl (C=O) groups excluding carboxylic acids is 1. The molecule has 2 aromatic rings. The van der Waals surface area contributed by atoms with E-state index >= 15 is 0 Å². The van der Waals surface area contributed by atoms with Gasteiger partial charge in [-0.15, -0.1) is 11.3 Å². The lowest BCUT2D eigenvalue weighted by molar-refractivity contribution is 0.0992. The molecule has 0 saturated heterocycles. The number of aromatic nitrogens is 2. The minimum Gasteiger partial charge on any atom is -0.304 e. The first-order valence-corrected chi connectivity index (χ1v) is 13.4. The van der Waals surface area contributed by atoms with Crippen molar-refractivity contribution in [1.82, 2.24) is 14.5 Å². The maximum absolute atomic E-state index is 12.5. The zero-order chi connectivity index (χ0) is 22.8. The summed E-state index contributed by atoms with van der Waals surface area (Å²) in [6.45, 7) is 5.72. The molecule has 6 nitrogen and oxygen atoms in total. The van der Waals surface area contributed by atoms with Crippen molar-refractivity contribution in [1.29, 1.82) is 0 Å². The molecule has 5 rings (SSSR count). The van der Waals surface area contributed by atoms with Crippen molar-refractivity contribution in [3.63, 3.8) is 0 Å². The molecule has 0 spiro atoms. The average molecular weight is 467 g/mol. The molecule has 0 bridgehead atoms. The van der Waals surface area contributed by atoms with Crippen LogP contribution in [0.4, 0.5) is 0 Å². The monoisotopic (exact) mass is 466 g/mol. The number of pyridine rings is 1. The number of hydrogen-bond acceptors (Lipinski definition) is 5. The van der Waals surface area contributed by atoms with E-state index in [1.807, 2.05) is 24.5 Å². The summed E-state index contributed by atoms with van der Waals surface area (Å²) in [5.41, 5.74) is 1.58. The first-order valence-electron chi connectivity index (χ1n) is 12.6. The molecule has 2 saturated carbocycles. The van der Waals surface area contributed by atoms with E-state index in [2.05, 4.69) is 9.89 Å². The summed E-state index contributed by atoms with van der Waals surface area (Å²) >= 11 is 1.97. The van der Waals surface area contributed by atoms with E-state index in [9.17, 15) is 9.59 Å². The molecule has 2 aliphatic carbocycles. The van der Waals surface area contributed by atoms with Crippen LogP contribution in [0.15, 0.2) is 28.0 Å². The Morgan fingerprint density at radius 2 is 2.03 bits per heavy atom. The minimum absolute atomic E-state index is 0.151. The van der Waals surface area contributed by atoms with Crippen LogP contribution in [0.5, 0.6) is 0 Å². The fourth-order valence-electron chi connectivity index (χ4n) is 5.23. The van der Waals surface area contributed by atoms with Crippen LogP contribution in [0.2, 0.25) is 0 Å². The van der Waals surface area contributed by atoms with Gasteiger partial charge in [0, 0.05) is 42.7 Å². The van der Waals surface area contributed by atoms with E-state index in [-0.39, 0.29) is 11.5 Å². The summed E-state index contributed by atoms with van der Waals surface area (Å²) in [4.78, 5) is 37.8. The molecule has 0 radical (unpaired) electrons. The van der Waals surface area contributed by atoms with Crippen LogP contribution in [-0.4, -0.2) is 39.7 Å². The third-order valence-corrected chi connectivity index (χ3v) is 8.80. The van der Waals surface area contributed by atoms with Crippen molar-refractivity contribution in [3.8, 4) is 0 Å². The average Bonchev–Trinajstić information content (AvgIpc) is 3.60. The van der Waals surface area contributed by atoms with Crippen LogP contribution in [0, 0.1) is 11.8 Å². The number of fused-ring (bicyclic) bond motifs is 1. The van der Waals surface area contributed by atoms with Gasteiger partial charge in [-0.3, -0.25) is 14.5 Å². The molecular formula is C26H34N4O2S. The van der Waals surface area contributed by atoms with E-state index in [4.69, 9.17) is 4.98 Å². The van der Waals surface area contributed by atoms with Crippen molar-refractivity contribution in [2.75, 3.05) is 13.1 Å². The van der Waals surface area contributed by atoms with Gasteiger partial charge in [-0.2, -0.15) is 0 Å². The van der Waals surface area contributed by atoms with E-state index in [0.717, 1.165) is 31.2 Å². The Labute approximate surface area is 199 Å². The van der Waals surface area contributed by atoms with Crippen LogP contribution in [0.25, 0.3) is 0 Å². The lowest BCUT2D eigenvalue weighted by atomic mass is 9.81. The van der Waals surface area contributed by atoms with Crippen LogP contribution >= 0.6 is 11.3 Å². The molecule has 0 atom stereocenters. The number of amides is 1. The summed E-state index contributed by atoms with van der Waals surface area (Å²) in [5, 5.41) is 1.39. The fourth-order valence-corrected chi connectivity index (χ4v) is 6.46. The predicted octanol–water partition coefficient (Wildman–Crippen LogP) is 4.67. The second-order valence-corrected chi connectivity index (χ2v) is 11.0. The smallest absolute Gasteiger partial charge is 0.293 e. The fraction of sp³-hybridized carbons (Fsp3) is 0.615. The SMILES string of the molecule is CCn1c(C(=O)N=CC2CCC(CCN3CCc4sc(C5CC5)nc4C3)CC2)cccc1=O. The van der Waals surface area contributed by atoms with Crippen LogP contribution in [-0.2, 0) is 19.5 Å². The zero-order valence-electron chi connectivity index (χ0n) is 19.5. The Bertz CT molecular complexity index is 1080. The molecule has 176 valence electrons. The van der Waals surface area contributed by atoms with E-state index < -0.39 is 0 Å². The number of hydrogen-bond donors (Lipinski definition) is 0. The molecule has 0 unspecified atom stereocenters. The Morgan fingerprint density at radius 1 is 1.21 bits per heavy atom. The van der Waals surface area contributed by atoms with Crippen LogP contribution in [0.1, 0.15) is 83.9 Å². The molecular weight excluding hydrogens is 432 g/mol. The zero-order valence-corrected chi connectivity index (χ0v) is 20.4. The quantitative estimate of drug-likeness (QED) is 0.556. The van der Waals surface area contributed by atoms with Gasteiger partial charge in [0.2, 0.25) is 0 Å². The Balaban J connectivity index is 1.07. The normalized spacial score (nSPS) is 23.7. The van der Waals surface area contributed by atoms with Crippen molar-refractivity contribution < 1.29 is 4.79 Å². The number of nitrogens with zero attached hydrogens (tertiary/aromatic N) is 4. The molecule has 1 aliphatic heterocycles. The maximum atomic E-state index is 12.5. The summed E-state index contributed by atoms with van der Waals surface area (Å²) in [6, 6.07) is 4.80. The molecule has 33 heavy (non-hydrogen) atoms. The number of rotatable bonds is 7. The Hall–Kier alpha value is -2.12. The van der Waals surface area contributed by atoms with E-state index in [0.29, 0.717) is 18.2 Å². The van der Waals surface area contributed by atoms with Crippen molar-refractivity contribution in [3.05, 3.63) is 49.8 Å². The first-order chi connectivity index (χ1) is 16.1.